The third kappa shape index (κ3) is 6.87. The molecule has 0 fully saturated rings. The van der Waals surface area contributed by atoms with Crippen molar-refractivity contribution in [2.45, 2.75) is 0 Å². The van der Waals surface area contributed by atoms with Crippen molar-refractivity contribution >= 4 is 0 Å². The maximum Gasteiger partial charge on any atom is 3.00 e. The van der Waals surface area contributed by atoms with E-state index in [1.807, 2.05) is 0 Å². The summed E-state index contributed by atoms with van der Waals surface area (Å²) in [5, 5.41) is 0. The van der Waals surface area contributed by atoms with E-state index in [2.05, 4.69) is 12.1 Å². The largest absolute Gasteiger partial charge is 3.00 e. The Hall–Kier alpha value is -1.19. The van der Waals surface area contributed by atoms with E-state index in [0.717, 1.165) is 24.3 Å². The molecular formula is C12H6F4Ir+. The van der Waals surface area contributed by atoms with E-state index in [9.17, 15) is 17.6 Å². The van der Waals surface area contributed by atoms with Crippen LogP contribution >= 0.6 is 0 Å². The molecule has 2 rings (SSSR count). The van der Waals surface area contributed by atoms with E-state index in [0.29, 0.717) is 0 Å². The minimum absolute atomic E-state index is 0. The Morgan fingerprint density at radius 1 is 0.706 bits per heavy atom. The van der Waals surface area contributed by atoms with Gasteiger partial charge in [0.2, 0.25) is 0 Å². The smallest absolute Gasteiger partial charge is 0.236 e. The molecule has 0 spiro atoms. The summed E-state index contributed by atoms with van der Waals surface area (Å²) in [4.78, 5) is 0. The van der Waals surface area contributed by atoms with Gasteiger partial charge in [0.05, 0.1) is 0 Å². The molecule has 0 atom stereocenters. The monoisotopic (exact) mass is 419 g/mol. The fourth-order valence-electron chi connectivity index (χ4n) is 0.823. The van der Waals surface area contributed by atoms with Crippen LogP contribution in [0.2, 0.25) is 0 Å². The number of hydrogen-bond acceptors (Lipinski definition) is 0. The molecule has 0 N–H and O–H groups in total. The van der Waals surface area contributed by atoms with Crippen molar-refractivity contribution in [3.05, 3.63) is 71.8 Å². The normalized spacial score (nSPS) is 8.71. The molecule has 0 aliphatic heterocycles. The summed E-state index contributed by atoms with van der Waals surface area (Å²) in [5.74, 6) is -2.46. The minimum atomic E-state index is -0.662. The van der Waals surface area contributed by atoms with Crippen LogP contribution in [-0.4, -0.2) is 0 Å². The third-order valence-electron chi connectivity index (χ3n) is 1.46. The molecular weight excluding hydrogens is 412 g/mol. The SMILES string of the molecule is Fc1[c-]ccc(F)c1.Fc1[c-]ccc(F)c1.[Ir+3]. The van der Waals surface area contributed by atoms with Crippen molar-refractivity contribution in [3.8, 4) is 0 Å². The van der Waals surface area contributed by atoms with E-state index in [1.54, 1.807) is 0 Å². The van der Waals surface area contributed by atoms with Gasteiger partial charge in [0.1, 0.15) is 0 Å². The van der Waals surface area contributed by atoms with Gasteiger partial charge in [0.25, 0.3) is 0 Å². The quantitative estimate of drug-likeness (QED) is 0.454. The second-order valence-electron chi connectivity index (χ2n) is 2.71. The Morgan fingerprint density at radius 3 is 1.24 bits per heavy atom. The predicted octanol–water partition coefficient (Wildman–Crippen LogP) is 3.53. The van der Waals surface area contributed by atoms with Gasteiger partial charge in [-0.1, -0.05) is 0 Å². The second-order valence-corrected chi connectivity index (χ2v) is 2.71. The van der Waals surface area contributed by atoms with E-state index >= 15 is 0 Å². The van der Waals surface area contributed by atoms with Crippen molar-refractivity contribution in [2.24, 2.45) is 0 Å². The molecule has 0 aliphatic rings. The molecule has 2 aromatic rings. The van der Waals surface area contributed by atoms with Crippen LogP contribution in [0.4, 0.5) is 17.6 Å². The van der Waals surface area contributed by atoms with Crippen LogP contribution in [0.25, 0.3) is 0 Å². The molecule has 17 heavy (non-hydrogen) atoms. The van der Waals surface area contributed by atoms with Gasteiger partial charge in [0.15, 0.2) is 0 Å². The first-order chi connectivity index (χ1) is 7.58. The fraction of sp³-hybridized carbons (Fsp3) is 0. The molecule has 0 amide bonds. The van der Waals surface area contributed by atoms with Crippen LogP contribution in [0.1, 0.15) is 0 Å². The molecule has 90 valence electrons. The van der Waals surface area contributed by atoms with Crippen LogP contribution < -0.4 is 0 Å². The Labute approximate surface area is 110 Å². The second kappa shape index (κ2) is 7.98. The molecule has 0 radical (unpaired) electrons. The summed E-state index contributed by atoms with van der Waals surface area (Å²) in [5.41, 5.74) is 0. The minimum Gasteiger partial charge on any atom is -0.236 e. The number of halogens is 4. The number of benzene rings is 2. The topological polar surface area (TPSA) is 0 Å². The standard InChI is InChI=1S/2C6H3F2.Ir/c2*7-5-2-1-3-6(8)4-5;/h2*1-2,4H;/q2*-1;+3. The van der Waals surface area contributed by atoms with Crippen molar-refractivity contribution in [2.75, 3.05) is 0 Å². The first-order valence-corrected chi connectivity index (χ1v) is 4.23. The van der Waals surface area contributed by atoms with Gasteiger partial charge in [-0.15, -0.1) is 36.4 Å². The summed E-state index contributed by atoms with van der Waals surface area (Å²) in [6, 6.07) is 10.6. The Kier molecular flexibility index (Phi) is 7.42. The van der Waals surface area contributed by atoms with Gasteiger partial charge in [-0.05, 0) is 0 Å². The molecule has 0 saturated heterocycles. The van der Waals surface area contributed by atoms with Gasteiger partial charge in [0, 0.05) is 23.3 Å². The summed E-state index contributed by atoms with van der Waals surface area (Å²) < 4.78 is 47.6. The van der Waals surface area contributed by atoms with Crippen LogP contribution in [0.5, 0.6) is 0 Å². The molecule has 0 bridgehead atoms. The van der Waals surface area contributed by atoms with Crippen molar-refractivity contribution in [3.63, 3.8) is 0 Å². The van der Waals surface area contributed by atoms with Gasteiger partial charge < -0.3 is 0 Å². The molecule has 0 heterocycles. The first kappa shape index (κ1) is 15.8. The average molecular weight is 418 g/mol. The zero-order valence-electron chi connectivity index (χ0n) is 8.31. The van der Waals surface area contributed by atoms with Crippen LogP contribution in [0, 0.1) is 35.4 Å². The van der Waals surface area contributed by atoms with Crippen LogP contribution in [0.15, 0.2) is 36.4 Å². The molecule has 5 heteroatoms. The molecule has 0 aromatic heterocycles. The van der Waals surface area contributed by atoms with E-state index in [-0.39, 0.29) is 20.1 Å². The fourth-order valence-corrected chi connectivity index (χ4v) is 0.823. The number of hydrogen-bond donors (Lipinski definition) is 0. The molecule has 0 unspecified atom stereocenters. The Balaban J connectivity index is 0.000000284. The molecule has 0 saturated carbocycles. The van der Waals surface area contributed by atoms with Gasteiger partial charge in [-0.2, -0.15) is 12.1 Å². The summed E-state index contributed by atoms with van der Waals surface area (Å²) in [6.45, 7) is 0. The Bertz CT molecular complexity index is 382. The zero-order valence-corrected chi connectivity index (χ0v) is 10.7. The summed E-state index contributed by atoms with van der Waals surface area (Å²) in [7, 11) is 0. The summed E-state index contributed by atoms with van der Waals surface area (Å²) >= 11 is 0. The average Bonchev–Trinajstić information content (AvgIpc) is 2.17. The molecule has 2 aromatic carbocycles. The van der Waals surface area contributed by atoms with Crippen molar-refractivity contribution < 1.29 is 37.7 Å². The predicted molar refractivity (Wildman–Crippen MR) is 50.4 cm³/mol. The third-order valence-corrected chi connectivity index (χ3v) is 1.46. The Morgan fingerprint density at radius 2 is 1.06 bits per heavy atom. The zero-order chi connectivity index (χ0) is 12.0. The van der Waals surface area contributed by atoms with Gasteiger partial charge >= 0.3 is 20.1 Å². The van der Waals surface area contributed by atoms with E-state index < -0.39 is 23.3 Å². The van der Waals surface area contributed by atoms with Crippen LogP contribution in [-0.2, 0) is 20.1 Å². The molecule has 0 nitrogen and oxygen atoms in total. The maximum atomic E-state index is 11.9. The van der Waals surface area contributed by atoms with Crippen LogP contribution in [0.3, 0.4) is 0 Å². The molecule has 0 aliphatic carbocycles. The number of rotatable bonds is 0. The van der Waals surface area contributed by atoms with Gasteiger partial charge in [-0.25, -0.2) is 17.6 Å². The van der Waals surface area contributed by atoms with Crippen molar-refractivity contribution in [1.82, 2.24) is 0 Å². The van der Waals surface area contributed by atoms with Gasteiger partial charge in [-0.3, -0.25) is 0 Å². The summed E-state index contributed by atoms with van der Waals surface area (Å²) in [6.07, 6.45) is 0. The first-order valence-electron chi connectivity index (χ1n) is 4.23. The van der Waals surface area contributed by atoms with Crippen molar-refractivity contribution in [1.29, 1.82) is 0 Å². The van der Waals surface area contributed by atoms with E-state index in [4.69, 9.17) is 0 Å². The van der Waals surface area contributed by atoms with E-state index in [1.165, 1.54) is 12.1 Å². The maximum absolute atomic E-state index is 11.9.